The summed E-state index contributed by atoms with van der Waals surface area (Å²) >= 11 is 0. The standard InChI is InChI=1S/C15H29NO3/c1-5-7-8-12-14(16-9-6-2)11(3)19-13(10-17)15(12)18-4/h5,7,11-17H,6,8-10H2,1-4H3. The number of rotatable bonds is 7. The van der Waals surface area contributed by atoms with Crippen LogP contribution in [-0.2, 0) is 9.47 Å². The molecule has 0 aromatic rings. The largest absolute Gasteiger partial charge is 0.394 e. The normalized spacial score (nSPS) is 35.9. The molecule has 1 aliphatic rings. The highest BCUT2D eigenvalue weighted by atomic mass is 16.6. The molecule has 0 radical (unpaired) electrons. The summed E-state index contributed by atoms with van der Waals surface area (Å²) in [7, 11) is 1.70. The van der Waals surface area contributed by atoms with Crippen molar-refractivity contribution in [2.24, 2.45) is 5.92 Å². The van der Waals surface area contributed by atoms with Crippen molar-refractivity contribution in [3.05, 3.63) is 12.2 Å². The van der Waals surface area contributed by atoms with Crippen molar-refractivity contribution in [2.75, 3.05) is 20.3 Å². The molecule has 0 amide bonds. The number of hydrogen-bond donors (Lipinski definition) is 2. The minimum absolute atomic E-state index is 0.00961. The summed E-state index contributed by atoms with van der Waals surface area (Å²) in [6.07, 6.45) is 6.08. The Morgan fingerprint density at radius 3 is 2.68 bits per heavy atom. The predicted molar refractivity (Wildman–Crippen MR) is 77.2 cm³/mol. The van der Waals surface area contributed by atoms with Gasteiger partial charge in [0.05, 0.1) is 18.8 Å². The number of hydrogen-bond acceptors (Lipinski definition) is 4. The second kappa shape index (κ2) is 8.69. The van der Waals surface area contributed by atoms with Crippen molar-refractivity contribution in [1.82, 2.24) is 5.32 Å². The molecule has 4 nitrogen and oxygen atoms in total. The van der Waals surface area contributed by atoms with E-state index in [0.29, 0.717) is 5.92 Å². The molecule has 5 atom stereocenters. The van der Waals surface area contributed by atoms with Crippen molar-refractivity contribution in [2.45, 2.75) is 58.0 Å². The fourth-order valence-corrected chi connectivity index (χ4v) is 2.94. The summed E-state index contributed by atoms with van der Waals surface area (Å²) in [4.78, 5) is 0. The van der Waals surface area contributed by atoms with Crippen LogP contribution in [0, 0.1) is 5.92 Å². The summed E-state index contributed by atoms with van der Waals surface area (Å²) < 4.78 is 11.5. The minimum atomic E-state index is -0.227. The quantitative estimate of drug-likeness (QED) is 0.692. The van der Waals surface area contributed by atoms with E-state index in [2.05, 4.69) is 31.3 Å². The maximum Gasteiger partial charge on any atom is 0.107 e. The zero-order chi connectivity index (χ0) is 14.3. The number of nitrogens with one attached hydrogen (secondary N) is 1. The van der Waals surface area contributed by atoms with Crippen LogP contribution in [-0.4, -0.2) is 49.7 Å². The summed E-state index contributed by atoms with van der Waals surface area (Å²) in [5, 5.41) is 13.0. The SMILES string of the molecule is CC=CCC1C(NCCC)C(C)OC(CO)C1OC. The molecule has 1 fully saturated rings. The van der Waals surface area contributed by atoms with E-state index in [1.165, 1.54) is 0 Å². The predicted octanol–water partition coefficient (Wildman–Crippen LogP) is 1.73. The zero-order valence-electron chi connectivity index (χ0n) is 12.6. The lowest BCUT2D eigenvalue weighted by Gasteiger charge is -2.45. The molecule has 0 spiro atoms. The lowest BCUT2D eigenvalue weighted by Crippen LogP contribution is -2.59. The monoisotopic (exact) mass is 271 g/mol. The second-order valence-electron chi connectivity index (χ2n) is 5.21. The molecule has 1 saturated heterocycles. The minimum Gasteiger partial charge on any atom is -0.394 e. The van der Waals surface area contributed by atoms with E-state index in [0.717, 1.165) is 19.4 Å². The highest BCUT2D eigenvalue weighted by Crippen LogP contribution is 2.30. The van der Waals surface area contributed by atoms with Gasteiger partial charge in [-0.25, -0.2) is 0 Å². The first-order valence-electron chi connectivity index (χ1n) is 7.33. The van der Waals surface area contributed by atoms with Gasteiger partial charge >= 0.3 is 0 Å². The Bertz CT molecular complexity index is 270. The van der Waals surface area contributed by atoms with Crippen molar-refractivity contribution >= 4 is 0 Å². The van der Waals surface area contributed by atoms with Gasteiger partial charge in [-0.2, -0.15) is 0 Å². The van der Waals surface area contributed by atoms with E-state index >= 15 is 0 Å². The molecule has 0 aromatic heterocycles. The van der Waals surface area contributed by atoms with Crippen LogP contribution >= 0.6 is 0 Å². The maximum atomic E-state index is 9.47. The van der Waals surface area contributed by atoms with Crippen LogP contribution in [0.5, 0.6) is 0 Å². The van der Waals surface area contributed by atoms with Crippen molar-refractivity contribution < 1.29 is 14.6 Å². The van der Waals surface area contributed by atoms with Gasteiger partial charge in [0.15, 0.2) is 0 Å². The van der Waals surface area contributed by atoms with E-state index < -0.39 is 0 Å². The molecule has 5 unspecified atom stereocenters. The Kier molecular flexibility index (Phi) is 7.61. The van der Waals surface area contributed by atoms with Gasteiger partial charge in [0, 0.05) is 19.1 Å². The van der Waals surface area contributed by atoms with Gasteiger partial charge in [-0.3, -0.25) is 0 Å². The Morgan fingerprint density at radius 1 is 1.42 bits per heavy atom. The summed E-state index contributed by atoms with van der Waals surface area (Å²) in [6, 6.07) is 0.267. The Hall–Kier alpha value is -0.420. The number of ether oxygens (including phenoxy) is 2. The van der Waals surface area contributed by atoms with E-state index in [4.69, 9.17) is 9.47 Å². The summed E-state index contributed by atoms with van der Waals surface area (Å²) in [5.41, 5.74) is 0. The molecule has 0 bridgehead atoms. The fraction of sp³-hybridized carbons (Fsp3) is 0.867. The topological polar surface area (TPSA) is 50.7 Å². The fourth-order valence-electron chi connectivity index (χ4n) is 2.94. The Labute approximate surface area is 117 Å². The van der Waals surface area contributed by atoms with E-state index in [9.17, 15) is 5.11 Å². The third-order valence-corrected chi connectivity index (χ3v) is 3.87. The third-order valence-electron chi connectivity index (χ3n) is 3.87. The molecule has 4 heteroatoms. The first-order chi connectivity index (χ1) is 9.19. The van der Waals surface area contributed by atoms with E-state index in [-0.39, 0.29) is 31.0 Å². The van der Waals surface area contributed by atoms with Gasteiger partial charge in [-0.15, -0.1) is 0 Å². The first kappa shape index (κ1) is 16.6. The highest BCUT2D eigenvalue weighted by molar-refractivity contribution is 4.98. The van der Waals surface area contributed by atoms with Gasteiger partial charge in [-0.05, 0) is 33.2 Å². The molecular formula is C15H29NO3. The van der Waals surface area contributed by atoms with Crippen molar-refractivity contribution in [1.29, 1.82) is 0 Å². The van der Waals surface area contributed by atoms with Crippen LogP contribution in [0.25, 0.3) is 0 Å². The van der Waals surface area contributed by atoms with Crippen LogP contribution in [0.15, 0.2) is 12.2 Å². The molecule has 1 rings (SSSR count). The van der Waals surface area contributed by atoms with E-state index in [1.807, 2.05) is 6.92 Å². The second-order valence-corrected chi connectivity index (χ2v) is 5.21. The van der Waals surface area contributed by atoms with Gasteiger partial charge in [0.1, 0.15) is 6.10 Å². The smallest absolute Gasteiger partial charge is 0.107 e. The van der Waals surface area contributed by atoms with Crippen LogP contribution < -0.4 is 5.32 Å². The first-order valence-corrected chi connectivity index (χ1v) is 7.33. The average Bonchev–Trinajstić information content (AvgIpc) is 2.43. The average molecular weight is 271 g/mol. The van der Waals surface area contributed by atoms with Gasteiger partial charge < -0.3 is 19.9 Å². The van der Waals surface area contributed by atoms with E-state index in [1.54, 1.807) is 7.11 Å². The number of methoxy groups -OCH3 is 1. The van der Waals surface area contributed by atoms with Gasteiger partial charge in [0.2, 0.25) is 0 Å². The van der Waals surface area contributed by atoms with Crippen molar-refractivity contribution in [3.63, 3.8) is 0 Å². The number of aliphatic hydroxyl groups is 1. The molecule has 19 heavy (non-hydrogen) atoms. The Morgan fingerprint density at radius 2 is 2.16 bits per heavy atom. The van der Waals surface area contributed by atoms with Gasteiger partial charge in [0.25, 0.3) is 0 Å². The molecule has 1 aliphatic heterocycles. The molecule has 2 N–H and O–H groups in total. The lowest BCUT2D eigenvalue weighted by atomic mass is 9.82. The molecule has 112 valence electrons. The lowest BCUT2D eigenvalue weighted by molar-refractivity contribution is -0.177. The third kappa shape index (κ3) is 4.28. The highest BCUT2D eigenvalue weighted by Gasteiger charge is 2.43. The molecular weight excluding hydrogens is 242 g/mol. The van der Waals surface area contributed by atoms with Crippen molar-refractivity contribution in [3.8, 4) is 0 Å². The summed E-state index contributed by atoms with van der Waals surface area (Å²) in [5.74, 6) is 0.327. The molecule has 0 saturated carbocycles. The Balaban J connectivity index is 2.84. The molecule has 0 aromatic carbocycles. The number of allylic oxidation sites excluding steroid dienone is 2. The molecule has 1 heterocycles. The maximum absolute atomic E-state index is 9.47. The summed E-state index contributed by atoms with van der Waals surface area (Å²) in [6.45, 7) is 7.25. The number of aliphatic hydroxyl groups excluding tert-OH is 1. The van der Waals surface area contributed by atoms with Gasteiger partial charge in [-0.1, -0.05) is 19.1 Å². The van der Waals surface area contributed by atoms with Crippen LogP contribution in [0.1, 0.15) is 33.6 Å². The van der Waals surface area contributed by atoms with Crippen LogP contribution in [0.3, 0.4) is 0 Å². The van der Waals surface area contributed by atoms with Crippen LogP contribution in [0.4, 0.5) is 0 Å². The zero-order valence-corrected chi connectivity index (χ0v) is 12.6. The van der Waals surface area contributed by atoms with Crippen LogP contribution in [0.2, 0.25) is 0 Å². The molecule has 0 aliphatic carbocycles.